The molecule has 0 spiro atoms. The molecule has 0 saturated carbocycles. The Balaban J connectivity index is 1.93. The van der Waals surface area contributed by atoms with Crippen molar-refractivity contribution in [2.24, 2.45) is 4.99 Å². The zero-order valence-electron chi connectivity index (χ0n) is 22.8. The number of fused-ring (bicyclic) bond motifs is 1. The molecule has 11 heteroatoms. The average molecular weight is 677 g/mol. The third-order valence-corrected chi connectivity index (χ3v) is 7.92. The average Bonchev–Trinajstić information content (AvgIpc) is 3.24. The van der Waals surface area contributed by atoms with Gasteiger partial charge in [0, 0.05) is 0 Å². The van der Waals surface area contributed by atoms with E-state index in [9.17, 15) is 9.59 Å². The largest absolute Gasteiger partial charge is 0.493 e. The third-order valence-electron chi connectivity index (χ3n) is 6.14. The number of hydrogen-bond donors (Lipinski definition) is 0. The molecule has 0 N–H and O–H groups in total. The molecule has 40 heavy (non-hydrogen) atoms. The lowest BCUT2D eigenvalue weighted by Crippen LogP contribution is -2.40. The predicted molar refractivity (Wildman–Crippen MR) is 161 cm³/mol. The Kier molecular flexibility index (Phi) is 9.36. The molecule has 0 fully saturated rings. The Hall–Kier alpha value is -3.58. The molecule has 0 amide bonds. The predicted octanol–water partition coefficient (Wildman–Crippen LogP) is 3.99. The van der Waals surface area contributed by atoms with Gasteiger partial charge in [0.15, 0.2) is 27.8 Å². The minimum Gasteiger partial charge on any atom is -0.493 e. The van der Waals surface area contributed by atoms with Crippen LogP contribution in [0.2, 0.25) is 0 Å². The summed E-state index contributed by atoms with van der Waals surface area (Å²) in [6.07, 6.45) is 3.44. The van der Waals surface area contributed by atoms with Gasteiger partial charge in [0.1, 0.15) is 6.61 Å². The van der Waals surface area contributed by atoms with Crippen LogP contribution in [0, 0.1) is 3.57 Å². The Morgan fingerprint density at radius 1 is 1.12 bits per heavy atom. The normalized spacial score (nSPS) is 14.8. The Bertz CT molecular complexity index is 1670. The van der Waals surface area contributed by atoms with Gasteiger partial charge in [0.05, 0.1) is 53.4 Å². The van der Waals surface area contributed by atoms with Crippen molar-refractivity contribution in [3.05, 3.63) is 88.6 Å². The lowest BCUT2D eigenvalue weighted by atomic mass is 9.95. The highest BCUT2D eigenvalue weighted by atomic mass is 127. The van der Waals surface area contributed by atoms with Gasteiger partial charge in [0.2, 0.25) is 0 Å². The second-order valence-corrected chi connectivity index (χ2v) is 10.7. The van der Waals surface area contributed by atoms with E-state index in [1.54, 1.807) is 64.5 Å². The number of benzene rings is 2. The van der Waals surface area contributed by atoms with Gasteiger partial charge in [-0.05, 0) is 77.9 Å². The van der Waals surface area contributed by atoms with E-state index in [1.165, 1.54) is 23.0 Å². The lowest BCUT2D eigenvalue weighted by Gasteiger charge is -2.25. The van der Waals surface area contributed by atoms with Crippen LogP contribution in [0.15, 0.2) is 64.0 Å². The molecule has 0 saturated heterocycles. The van der Waals surface area contributed by atoms with Crippen molar-refractivity contribution < 1.29 is 28.5 Å². The lowest BCUT2D eigenvalue weighted by molar-refractivity contribution is -0.139. The monoisotopic (exact) mass is 676 g/mol. The second-order valence-electron chi connectivity index (χ2n) is 8.55. The molecule has 0 bridgehead atoms. The first-order valence-corrected chi connectivity index (χ1v) is 14.2. The molecule has 2 aromatic carbocycles. The molecule has 4 rings (SSSR count). The van der Waals surface area contributed by atoms with Crippen molar-refractivity contribution in [3.63, 3.8) is 0 Å². The van der Waals surface area contributed by atoms with E-state index in [2.05, 4.69) is 34.2 Å². The molecular formula is C29H29IN2O7S. The van der Waals surface area contributed by atoms with E-state index >= 15 is 0 Å². The number of hydrogen-bond acceptors (Lipinski definition) is 9. The maximum Gasteiger partial charge on any atom is 0.338 e. The number of halogens is 1. The number of ether oxygens (including phenoxy) is 5. The van der Waals surface area contributed by atoms with E-state index in [-0.39, 0.29) is 17.7 Å². The maximum absolute atomic E-state index is 13.9. The minimum absolute atomic E-state index is 0.186. The van der Waals surface area contributed by atoms with Crippen LogP contribution in [0.3, 0.4) is 0 Å². The van der Waals surface area contributed by atoms with Gasteiger partial charge in [-0.3, -0.25) is 9.36 Å². The summed E-state index contributed by atoms with van der Waals surface area (Å²) in [5.41, 5.74) is 1.88. The van der Waals surface area contributed by atoms with E-state index < -0.39 is 12.0 Å². The summed E-state index contributed by atoms with van der Waals surface area (Å²) in [5, 5.41) is 0. The fourth-order valence-corrected chi connectivity index (χ4v) is 6.21. The van der Waals surface area contributed by atoms with Gasteiger partial charge in [-0.1, -0.05) is 30.1 Å². The highest BCUT2D eigenvalue weighted by molar-refractivity contribution is 14.1. The molecule has 3 aromatic rings. The summed E-state index contributed by atoms with van der Waals surface area (Å²) in [5.74, 6) is 1.61. The van der Waals surface area contributed by atoms with Crippen LogP contribution >= 0.6 is 33.9 Å². The summed E-state index contributed by atoms with van der Waals surface area (Å²) in [4.78, 5) is 32.2. The van der Waals surface area contributed by atoms with Crippen molar-refractivity contribution in [2.45, 2.75) is 19.9 Å². The van der Waals surface area contributed by atoms with Crippen LogP contribution in [0.1, 0.15) is 31.0 Å². The number of allylic oxidation sites excluding steroid dienone is 1. The first-order valence-electron chi connectivity index (χ1n) is 12.3. The highest BCUT2D eigenvalue weighted by Gasteiger charge is 2.34. The standard InChI is InChI=1S/C29H29IN2O7S/c1-7-11-39-26-19(30)12-17(13-22(26)37-6)14-23-27(33)32-25(18-9-10-20(35-4)21(15-18)36-5)24(28(34)38-8-2)16(3)31-29(32)40-23/h7,9-10,12-15,25H,1,8,11H2,2-6H3. The quantitative estimate of drug-likeness (QED) is 0.182. The van der Waals surface area contributed by atoms with Crippen molar-refractivity contribution in [1.29, 1.82) is 0 Å². The molecule has 1 aromatic heterocycles. The Labute approximate surface area is 249 Å². The molecule has 210 valence electrons. The van der Waals surface area contributed by atoms with E-state index in [1.807, 2.05) is 6.07 Å². The number of carbonyl (C=O) groups excluding carboxylic acids is 1. The van der Waals surface area contributed by atoms with Gasteiger partial charge in [0.25, 0.3) is 5.56 Å². The van der Waals surface area contributed by atoms with Crippen LogP contribution in [-0.2, 0) is 9.53 Å². The minimum atomic E-state index is -0.776. The summed E-state index contributed by atoms with van der Waals surface area (Å²) < 4.78 is 30.4. The molecule has 1 unspecified atom stereocenters. The molecule has 9 nitrogen and oxygen atoms in total. The van der Waals surface area contributed by atoms with Gasteiger partial charge < -0.3 is 23.7 Å². The fourth-order valence-electron chi connectivity index (χ4n) is 4.39. The van der Waals surface area contributed by atoms with Gasteiger partial charge in [-0.25, -0.2) is 9.79 Å². The molecular weight excluding hydrogens is 647 g/mol. The molecule has 1 aliphatic rings. The zero-order chi connectivity index (χ0) is 29.0. The van der Waals surface area contributed by atoms with Crippen molar-refractivity contribution in [3.8, 4) is 23.0 Å². The number of rotatable bonds is 10. The zero-order valence-corrected chi connectivity index (χ0v) is 25.8. The van der Waals surface area contributed by atoms with Crippen molar-refractivity contribution in [1.82, 2.24) is 4.57 Å². The van der Waals surface area contributed by atoms with Crippen molar-refractivity contribution in [2.75, 3.05) is 34.5 Å². The number of esters is 1. The van der Waals surface area contributed by atoms with Crippen LogP contribution in [0.25, 0.3) is 6.08 Å². The molecule has 2 heterocycles. The first kappa shape index (κ1) is 29.4. The third kappa shape index (κ3) is 5.66. The van der Waals surface area contributed by atoms with E-state index in [0.29, 0.717) is 50.2 Å². The van der Waals surface area contributed by atoms with Gasteiger partial charge >= 0.3 is 5.97 Å². The van der Waals surface area contributed by atoms with Crippen LogP contribution in [-0.4, -0.2) is 45.1 Å². The summed E-state index contributed by atoms with van der Waals surface area (Å²) in [6, 6.07) is 8.23. The van der Waals surface area contributed by atoms with Crippen LogP contribution in [0.4, 0.5) is 0 Å². The summed E-state index contributed by atoms with van der Waals surface area (Å²) in [7, 11) is 4.64. The van der Waals surface area contributed by atoms with Crippen LogP contribution < -0.4 is 33.8 Å². The summed E-state index contributed by atoms with van der Waals surface area (Å²) in [6.45, 7) is 7.69. The summed E-state index contributed by atoms with van der Waals surface area (Å²) >= 11 is 3.41. The second kappa shape index (κ2) is 12.7. The molecule has 0 radical (unpaired) electrons. The fraction of sp³-hybridized carbons (Fsp3) is 0.276. The van der Waals surface area contributed by atoms with Crippen molar-refractivity contribution >= 4 is 46.0 Å². The number of aromatic nitrogens is 1. The first-order chi connectivity index (χ1) is 19.3. The van der Waals surface area contributed by atoms with Gasteiger partial charge in [-0.2, -0.15) is 0 Å². The molecule has 1 atom stereocenters. The highest BCUT2D eigenvalue weighted by Crippen LogP contribution is 2.36. The smallest absolute Gasteiger partial charge is 0.338 e. The van der Waals surface area contributed by atoms with Gasteiger partial charge in [-0.15, -0.1) is 0 Å². The van der Waals surface area contributed by atoms with E-state index in [0.717, 1.165) is 9.13 Å². The van der Waals surface area contributed by atoms with E-state index in [4.69, 9.17) is 23.7 Å². The Morgan fingerprint density at radius 3 is 2.50 bits per heavy atom. The molecule has 0 aliphatic carbocycles. The number of thiazole rings is 1. The number of carbonyl (C=O) groups is 1. The topological polar surface area (TPSA) is 97.6 Å². The maximum atomic E-state index is 13.9. The SMILES string of the molecule is C=CCOc1c(I)cc(C=c2sc3n(c2=O)C(c2ccc(OC)c(OC)c2)C(C(=O)OCC)=C(C)N=3)cc1OC. The Morgan fingerprint density at radius 2 is 1.85 bits per heavy atom. The molecule has 1 aliphatic heterocycles. The number of nitrogens with zero attached hydrogens (tertiary/aromatic N) is 2. The van der Waals surface area contributed by atoms with Crippen LogP contribution in [0.5, 0.6) is 23.0 Å². The number of methoxy groups -OCH3 is 3.